The summed E-state index contributed by atoms with van der Waals surface area (Å²) in [6.45, 7) is 9.48. The number of aliphatic hydroxyl groups excluding tert-OH is 3. The molecule has 17 heteroatoms. The zero-order valence-electron chi connectivity index (χ0n) is 55.2. The maximum Gasteiger partial charge on any atom is 0.470 e. The van der Waals surface area contributed by atoms with Gasteiger partial charge in [-0.3, -0.25) is 4.52 Å². The monoisotopic (exact) mass is 1240 g/mol. The number of methoxy groups -OCH3 is 2. The third kappa shape index (κ3) is 40.8. The average molecular weight is 1240 g/mol. The number of phosphoric ester groups is 1. The Hall–Kier alpha value is -0.630. The van der Waals surface area contributed by atoms with Crippen LogP contribution in [0.3, 0.4) is 0 Å². The molecule has 0 aromatic carbocycles. The largest absolute Gasteiger partial charge is 0.470 e. The van der Waals surface area contributed by atoms with E-state index in [4.69, 9.17) is 47.2 Å². The minimum absolute atomic E-state index is 0.0928. The molecule has 0 spiro atoms. The van der Waals surface area contributed by atoms with Crippen LogP contribution in [0.1, 0.15) is 297 Å². The molecule has 0 amide bonds. The molecule has 2 aliphatic rings. The number of rotatable bonds is 61. The lowest BCUT2D eigenvalue weighted by Crippen LogP contribution is -2.63. The molecule has 85 heavy (non-hydrogen) atoms. The van der Waals surface area contributed by atoms with Crippen molar-refractivity contribution in [3.8, 4) is 0 Å². The van der Waals surface area contributed by atoms with Crippen LogP contribution in [-0.2, 0) is 51.7 Å². The van der Waals surface area contributed by atoms with Crippen LogP contribution in [0.2, 0.25) is 0 Å². The smallest absolute Gasteiger partial charge is 0.393 e. The molecule has 1 unspecified atom stereocenters. The summed E-state index contributed by atoms with van der Waals surface area (Å²) in [5, 5.41) is 34.7. The van der Waals surface area contributed by atoms with Gasteiger partial charge in [0.2, 0.25) is 0 Å². The van der Waals surface area contributed by atoms with E-state index >= 15 is 0 Å². The van der Waals surface area contributed by atoms with Gasteiger partial charge in [-0.25, -0.2) is 4.57 Å². The Morgan fingerprint density at radius 1 is 0.424 bits per heavy atom. The first-order valence-electron chi connectivity index (χ1n) is 35.3. The third-order valence-electron chi connectivity index (χ3n) is 17.1. The van der Waals surface area contributed by atoms with Gasteiger partial charge >= 0.3 is 7.82 Å². The van der Waals surface area contributed by atoms with Crippen molar-refractivity contribution in [3.63, 3.8) is 0 Å². The first-order chi connectivity index (χ1) is 41.4. The second kappa shape index (κ2) is 55.0. The predicted molar refractivity (Wildman–Crippen MR) is 342 cm³/mol. The third-order valence-corrected chi connectivity index (χ3v) is 17.7. The van der Waals surface area contributed by atoms with Gasteiger partial charge in [0.15, 0.2) is 12.6 Å². The SMILES string of the molecule is CCCCCCC=CCCCCCCCCCCO[C@H]1[C@H](OC[C@H]2OC(O)[C@H](OCC[C@H](O)CCCCCCCCCCC)[C@@H](OCCCCCCCCCCCC)[C@@H]2O)O[C@H](COC)[C@@H](OP(=O)(O)O)[C@@H]1OCC[C@@H](CCCCCCC)OC. The van der Waals surface area contributed by atoms with Gasteiger partial charge in [0.1, 0.15) is 48.8 Å². The summed E-state index contributed by atoms with van der Waals surface area (Å²) in [6.07, 6.45) is 39.1. The van der Waals surface area contributed by atoms with E-state index in [0.717, 1.165) is 89.9 Å². The van der Waals surface area contributed by atoms with E-state index < -0.39 is 75.3 Å². The molecule has 2 saturated heterocycles. The molecule has 2 rings (SSSR count). The molecule has 0 saturated carbocycles. The van der Waals surface area contributed by atoms with Crippen molar-refractivity contribution in [2.75, 3.05) is 53.9 Å². The Labute approximate surface area is 519 Å². The summed E-state index contributed by atoms with van der Waals surface area (Å²) in [5.41, 5.74) is 0. The molecular formula is C68H133O16P. The maximum atomic E-state index is 12.7. The van der Waals surface area contributed by atoms with E-state index in [9.17, 15) is 29.7 Å². The van der Waals surface area contributed by atoms with Gasteiger partial charge in [0, 0.05) is 40.6 Å². The first-order valence-corrected chi connectivity index (χ1v) is 36.8. The highest BCUT2D eigenvalue weighted by molar-refractivity contribution is 7.46. The van der Waals surface area contributed by atoms with E-state index in [1.54, 1.807) is 7.11 Å². The van der Waals surface area contributed by atoms with E-state index in [0.29, 0.717) is 25.9 Å². The quantitative estimate of drug-likeness (QED) is 0.0218. The molecule has 0 bridgehead atoms. The van der Waals surface area contributed by atoms with Gasteiger partial charge in [0.25, 0.3) is 0 Å². The first kappa shape index (κ1) is 80.5. The molecule has 12 atom stereocenters. The van der Waals surface area contributed by atoms with Crippen molar-refractivity contribution in [2.45, 2.75) is 371 Å². The molecule has 0 aromatic rings. The van der Waals surface area contributed by atoms with Gasteiger partial charge in [-0.15, -0.1) is 0 Å². The Morgan fingerprint density at radius 3 is 1.34 bits per heavy atom. The zero-order chi connectivity index (χ0) is 61.9. The number of unbranched alkanes of at least 4 members (excludes halogenated alkanes) is 33. The number of hydrogen-bond acceptors (Lipinski definition) is 14. The highest BCUT2D eigenvalue weighted by atomic mass is 31.2. The molecule has 2 heterocycles. The van der Waals surface area contributed by atoms with Gasteiger partial charge in [0.05, 0.1) is 25.4 Å². The number of ether oxygens (including phenoxy) is 9. The van der Waals surface area contributed by atoms with Gasteiger partial charge in [-0.05, 0) is 64.2 Å². The minimum Gasteiger partial charge on any atom is -0.393 e. The number of hydrogen-bond donors (Lipinski definition) is 5. The molecule has 0 aromatic heterocycles. The van der Waals surface area contributed by atoms with E-state index in [1.165, 1.54) is 168 Å². The fourth-order valence-corrected chi connectivity index (χ4v) is 12.4. The molecule has 5 N–H and O–H groups in total. The van der Waals surface area contributed by atoms with Crippen molar-refractivity contribution < 1.29 is 76.8 Å². The topological polar surface area (TPSA) is 211 Å². The van der Waals surface area contributed by atoms with Crippen LogP contribution in [0.15, 0.2) is 12.2 Å². The number of phosphoric acid groups is 1. The van der Waals surface area contributed by atoms with Crippen molar-refractivity contribution >= 4 is 7.82 Å². The summed E-state index contributed by atoms with van der Waals surface area (Å²) in [5.74, 6) is 0. The Bertz CT molecular complexity index is 1530. The fourth-order valence-electron chi connectivity index (χ4n) is 11.8. The molecule has 2 fully saturated rings. The van der Waals surface area contributed by atoms with Crippen molar-refractivity contribution in [2.24, 2.45) is 0 Å². The maximum absolute atomic E-state index is 12.7. The summed E-state index contributed by atoms with van der Waals surface area (Å²) in [6, 6.07) is 0. The lowest BCUT2D eigenvalue weighted by Gasteiger charge is -2.46. The summed E-state index contributed by atoms with van der Waals surface area (Å²) < 4.78 is 74.8. The summed E-state index contributed by atoms with van der Waals surface area (Å²) >= 11 is 0. The molecule has 16 nitrogen and oxygen atoms in total. The molecule has 2 aliphatic heterocycles. The summed E-state index contributed by atoms with van der Waals surface area (Å²) in [4.78, 5) is 20.6. The average Bonchev–Trinajstić information content (AvgIpc) is 2.18. The Kier molecular flexibility index (Phi) is 52.1. The zero-order valence-corrected chi connectivity index (χ0v) is 56.1. The van der Waals surface area contributed by atoms with Gasteiger partial charge < -0.3 is 67.7 Å². The summed E-state index contributed by atoms with van der Waals surface area (Å²) in [7, 11) is -1.95. The second-order valence-electron chi connectivity index (χ2n) is 24.8. The molecule has 0 aliphatic carbocycles. The van der Waals surface area contributed by atoms with Crippen LogP contribution in [0.25, 0.3) is 0 Å². The highest BCUT2D eigenvalue weighted by Crippen LogP contribution is 2.43. The number of aliphatic hydroxyl groups is 3. The van der Waals surface area contributed by atoms with E-state index in [-0.39, 0.29) is 39.1 Å². The standard InChI is InChI=1S/C68H133O16P/c1-7-11-15-19-22-25-27-28-29-30-31-32-35-38-42-46-52-78-66-64(79-54-50-58(76-6)48-44-39-18-14-10-4)62(84-85(72,73)74)60(55-75-5)83-68(66)81-56-59-61(70)63(77-51-45-41-37-34-26-23-20-16-12-8-2)65(67(71)82-59)80-53-49-57(69)47-43-40-36-33-24-21-17-13-9-3/h25,27,57-71H,7-24,26,28-56H2,1-6H3,(H2,72,73,74)/t57-,58-,59-,60-,61-,62-,63+,64+,65-,66-,67?,68-/m1/s1. The van der Waals surface area contributed by atoms with Crippen LogP contribution in [0.5, 0.6) is 0 Å². The molecule has 506 valence electrons. The van der Waals surface area contributed by atoms with E-state index in [1.807, 2.05) is 0 Å². The van der Waals surface area contributed by atoms with Gasteiger partial charge in [-0.2, -0.15) is 0 Å². The molecule has 0 radical (unpaired) electrons. The van der Waals surface area contributed by atoms with Gasteiger partial charge in [-0.1, -0.05) is 245 Å². The van der Waals surface area contributed by atoms with Crippen molar-refractivity contribution in [1.29, 1.82) is 0 Å². The minimum atomic E-state index is -5.10. The van der Waals surface area contributed by atoms with Crippen LogP contribution >= 0.6 is 7.82 Å². The van der Waals surface area contributed by atoms with Crippen LogP contribution in [0.4, 0.5) is 0 Å². The van der Waals surface area contributed by atoms with Crippen LogP contribution in [0, 0.1) is 0 Å². The molecular weight excluding hydrogens is 1100 g/mol. The van der Waals surface area contributed by atoms with Crippen molar-refractivity contribution in [3.05, 3.63) is 12.2 Å². The van der Waals surface area contributed by atoms with Crippen molar-refractivity contribution in [1.82, 2.24) is 0 Å². The Balaban J connectivity index is 2.25. The lowest BCUT2D eigenvalue weighted by molar-refractivity contribution is -0.338. The van der Waals surface area contributed by atoms with Crippen LogP contribution in [-0.4, -0.2) is 153 Å². The number of allylic oxidation sites excluding steroid dienone is 2. The fraction of sp³-hybridized carbons (Fsp3) is 0.971. The normalized spacial score (nSPS) is 23.8. The van der Waals surface area contributed by atoms with Crippen LogP contribution < -0.4 is 0 Å². The Morgan fingerprint density at radius 2 is 0.847 bits per heavy atom. The predicted octanol–water partition coefficient (Wildman–Crippen LogP) is 15.9. The second-order valence-corrected chi connectivity index (χ2v) is 26.0. The van der Waals surface area contributed by atoms with E-state index in [2.05, 4.69) is 39.8 Å². The highest BCUT2D eigenvalue weighted by Gasteiger charge is 2.52. The lowest BCUT2D eigenvalue weighted by atomic mass is 9.97.